The molecule has 112 valence electrons. The quantitative estimate of drug-likeness (QED) is 0.914. The third-order valence-electron chi connectivity index (χ3n) is 3.59. The predicted molar refractivity (Wildman–Crippen MR) is 78.2 cm³/mol. The van der Waals surface area contributed by atoms with E-state index in [2.05, 4.69) is 0 Å². The van der Waals surface area contributed by atoms with E-state index in [1.807, 2.05) is 11.9 Å². The molecule has 0 aromatic heterocycles. The van der Waals surface area contributed by atoms with E-state index in [0.717, 1.165) is 0 Å². The minimum absolute atomic E-state index is 0.0237. The van der Waals surface area contributed by atoms with Crippen LogP contribution in [0.15, 0.2) is 12.1 Å². The van der Waals surface area contributed by atoms with Crippen molar-refractivity contribution in [1.29, 1.82) is 0 Å². The average molecular weight is 320 g/mol. The molecule has 1 atom stereocenters. The lowest BCUT2D eigenvalue weighted by Gasteiger charge is -2.24. The predicted octanol–water partition coefficient (Wildman–Crippen LogP) is 1.67. The molecule has 1 aromatic carbocycles. The summed E-state index contributed by atoms with van der Waals surface area (Å²) in [6.07, 6.45) is 0.622. The summed E-state index contributed by atoms with van der Waals surface area (Å²) in [6.45, 7) is 0.420. The Kier molecular flexibility index (Phi) is 4.46. The van der Waals surface area contributed by atoms with Crippen LogP contribution in [0.25, 0.3) is 0 Å². The van der Waals surface area contributed by atoms with Gasteiger partial charge in [-0.2, -0.15) is 0 Å². The van der Waals surface area contributed by atoms with Crippen LogP contribution in [0, 0.1) is 0 Å². The van der Waals surface area contributed by atoms with Crippen LogP contribution in [0.5, 0.6) is 11.5 Å². The molecule has 7 heteroatoms. The van der Waals surface area contributed by atoms with Gasteiger partial charge in [-0.05, 0) is 19.5 Å². The van der Waals surface area contributed by atoms with E-state index in [1.165, 1.54) is 7.11 Å². The summed E-state index contributed by atoms with van der Waals surface area (Å²) < 4.78 is 28.1. The van der Waals surface area contributed by atoms with Crippen molar-refractivity contribution in [1.82, 2.24) is 4.90 Å². The van der Waals surface area contributed by atoms with Gasteiger partial charge in [0.15, 0.2) is 21.3 Å². The molecule has 1 aliphatic rings. The third kappa shape index (κ3) is 3.37. The second-order valence-corrected chi connectivity index (χ2v) is 7.75. The highest BCUT2D eigenvalue weighted by atomic mass is 35.5. The summed E-state index contributed by atoms with van der Waals surface area (Å²) in [7, 11) is 0.387. The van der Waals surface area contributed by atoms with Crippen molar-refractivity contribution in [3.63, 3.8) is 0 Å². The number of nitrogens with zero attached hydrogens (tertiary/aromatic N) is 1. The largest absolute Gasteiger partial charge is 0.504 e. The molecular weight excluding hydrogens is 302 g/mol. The number of aromatic hydroxyl groups is 1. The van der Waals surface area contributed by atoms with E-state index in [0.29, 0.717) is 29.3 Å². The first-order chi connectivity index (χ1) is 9.32. The van der Waals surface area contributed by atoms with Crippen LogP contribution >= 0.6 is 11.6 Å². The van der Waals surface area contributed by atoms with E-state index >= 15 is 0 Å². The average Bonchev–Trinajstić information content (AvgIpc) is 2.73. The number of ether oxygens (including phenoxy) is 1. The van der Waals surface area contributed by atoms with Crippen molar-refractivity contribution in [3.8, 4) is 11.5 Å². The summed E-state index contributed by atoms with van der Waals surface area (Å²) in [5, 5.41) is 10.6. The van der Waals surface area contributed by atoms with Crippen LogP contribution in [-0.4, -0.2) is 50.1 Å². The Bertz CT molecular complexity index is 603. The maximum atomic E-state index is 11.5. The molecule has 0 amide bonds. The second-order valence-electron chi connectivity index (χ2n) is 5.09. The van der Waals surface area contributed by atoms with Crippen molar-refractivity contribution < 1.29 is 18.3 Å². The molecular formula is C13H18ClNO4S. The van der Waals surface area contributed by atoms with Crippen molar-refractivity contribution in [2.24, 2.45) is 0 Å². The molecule has 1 saturated heterocycles. The fourth-order valence-corrected chi connectivity index (χ4v) is 4.46. The molecule has 2 rings (SSSR count). The zero-order valence-corrected chi connectivity index (χ0v) is 13.0. The first kappa shape index (κ1) is 15.4. The number of hydrogen-bond donors (Lipinski definition) is 1. The molecule has 0 radical (unpaired) electrons. The van der Waals surface area contributed by atoms with Crippen LogP contribution in [-0.2, 0) is 16.4 Å². The van der Waals surface area contributed by atoms with Gasteiger partial charge >= 0.3 is 0 Å². The van der Waals surface area contributed by atoms with Crippen molar-refractivity contribution in [3.05, 3.63) is 22.7 Å². The monoisotopic (exact) mass is 319 g/mol. The fraction of sp³-hybridized carbons (Fsp3) is 0.538. The minimum Gasteiger partial charge on any atom is -0.504 e. The van der Waals surface area contributed by atoms with Crippen molar-refractivity contribution in [2.45, 2.75) is 19.0 Å². The van der Waals surface area contributed by atoms with Gasteiger partial charge in [-0.25, -0.2) is 8.42 Å². The first-order valence-electron chi connectivity index (χ1n) is 6.28. The maximum Gasteiger partial charge on any atom is 0.162 e. The number of methoxy groups -OCH3 is 1. The van der Waals surface area contributed by atoms with E-state index < -0.39 is 9.84 Å². The Morgan fingerprint density at radius 1 is 1.50 bits per heavy atom. The highest BCUT2D eigenvalue weighted by Crippen LogP contribution is 2.34. The number of rotatable bonds is 4. The molecule has 1 unspecified atom stereocenters. The van der Waals surface area contributed by atoms with Crippen LogP contribution in [0.2, 0.25) is 5.02 Å². The lowest BCUT2D eigenvalue weighted by Crippen LogP contribution is -2.32. The third-order valence-corrected chi connectivity index (χ3v) is 5.56. The van der Waals surface area contributed by atoms with Gasteiger partial charge in [0.1, 0.15) is 0 Å². The van der Waals surface area contributed by atoms with Gasteiger partial charge in [0.2, 0.25) is 0 Å². The van der Waals surface area contributed by atoms with Gasteiger partial charge in [0.25, 0.3) is 0 Å². The summed E-state index contributed by atoms with van der Waals surface area (Å²) in [5.74, 6) is 0.763. The highest BCUT2D eigenvalue weighted by molar-refractivity contribution is 7.91. The molecule has 0 aliphatic carbocycles. The molecule has 20 heavy (non-hydrogen) atoms. The molecule has 0 bridgehead atoms. The molecule has 1 N–H and O–H groups in total. The Morgan fingerprint density at radius 2 is 2.20 bits per heavy atom. The minimum atomic E-state index is -2.92. The second kappa shape index (κ2) is 5.79. The Hall–Kier alpha value is -0.980. The Balaban J connectivity index is 2.16. The van der Waals surface area contributed by atoms with E-state index in [4.69, 9.17) is 16.3 Å². The smallest absolute Gasteiger partial charge is 0.162 e. The Labute approximate surface area is 124 Å². The molecule has 0 saturated carbocycles. The summed E-state index contributed by atoms with van der Waals surface area (Å²) in [6, 6.07) is 3.18. The van der Waals surface area contributed by atoms with Crippen LogP contribution in [0.3, 0.4) is 0 Å². The number of halogens is 1. The van der Waals surface area contributed by atoms with Gasteiger partial charge in [-0.15, -0.1) is 0 Å². The summed E-state index contributed by atoms with van der Waals surface area (Å²) in [5.41, 5.74) is 0.626. The molecule has 1 heterocycles. The first-order valence-corrected chi connectivity index (χ1v) is 8.48. The molecule has 5 nitrogen and oxygen atoms in total. The van der Waals surface area contributed by atoms with Crippen LogP contribution in [0.4, 0.5) is 0 Å². The number of benzene rings is 1. The normalized spacial score (nSPS) is 21.3. The van der Waals surface area contributed by atoms with Gasteiger partial charge in [-0.3, -0.25) is 4.90 Å². The lowest BCUT2D eigenvalue weighted by molar-refractivity contribution is 0.249. The van der Waals surface area contributed by atoms with Gasteiger partial charge in [-0.1, -0.05) is 11.6 Å². The molecule has 0 spiro atoms. The van der Waals surface area contributed by atoms with E-state index in [1.54, 1.807) is 12.1 Å². The number of hydrogen-bond acceptors (Lipinski definition) is 5. The van der Waals surface area contributed by atoms with Gasteiger partial charge in [0.05, 0.1) is 18.6 Å². The highest BCUT2D eigenvalue weighted by Gasteiger charge is 2.31. The van der Waals surface area contributed by atoms with Crippen LogP contribution < -0.4 is 4.74 Å². The fourth-order valence-electron chi connectivity index (χ4n) is 2.43. The van der Waals surface area contributed by atoms with Crippen molar-refractivity contribution in [2.75, 3.05) is 25.7 Å². The topological polar surface area (TPSA) is 66.8 Å². The molecule has 1 aromatic rings. The van der Waals surface area contributed by atoms with Crippen molar-refractivity contribution >= 4 is 21.4 Å². The number of phenols is 1. The van der Waals surface area contributed by atoms with Gasteiger partial charge in [0, 0.05) is 29.2 Å². The van der Waals surface area contributed by atoms with E-state index in [9.17, 15) is 13.5 Å². The standard InChI is InChI=1S/C13H18ClNO4S/c1-15(11-3-4-20(17,18)8-11)7-9-5-10(14)6-12(19-2)13(9)16/h5-6,11,16H,3-4,7-8H2,1-2H3. The lowest BCUT2D eigenvalue weighted by atomic mass is 10.1. The zero-order valence-electron chi connectivity index (χ0n) is 11.5. The van der Waals surface area contributed by atoms with Crippen LogP contribution in [0.1, 0.15) is 12.0 Å². The maximum absolute atomic E-state index is 11.5. The zero-order chi connectivity index (χ0) is 14.9. The Morgan fingerprint density at radius 3 is 2.75 bits per heavy atom. The SMILES string of the molecule is COc1cc(Cl)cc(CN(C)C2CCS(=O)(=O)C2)c1O. The summed E-state index contributed by atoms with van der Waals surface area (Å²) in [4.78, 5) is 1.93. The molecule has 1 fully saturated rings. The number of phenolic OH excluding ortho intramolecular Hbond substituents is 1. The van der Waals surface area contributed by atoms with E-state index in [-0.39, 0.29) is 23.3 Å². The molecule has 1 aliphatic heterocycles. The van der Waals surface area contributed by atoms with Gasteiger partial charge < -0.3 is 9.84 Å². The number of sulfone groups is 1. The summed E-state index contributed by atoms with van der Waals surface area (Å²) >= 11 is 5.98.